The van der Waals surface area contributed by atoms with Crippen LogP contribution in [0, 0.1) is 5.92 Å². The fourth-order valence-corrected chi connectivity index (χ4v) is 5.11. The Morgan fingerprint density at radius 1 is 1.15 bits per heavy atom. The molecule has 0 radical (unpaired) electrons. The number of nitrogens with zero attached hydrogens (tertiary/aromatic N) is 1. The summed E-state index contributed by atoms with van der Waals surface area (Å²) in [6.45, 7) is 3.74. The Morgan fingerprint density at radius 2 is 1.96 bits per heavy atom. The predicted molar refractivity (Wildman–Crippen MR) is 97.0 cm³/mol. The maximum absolute atomic E-state index is 12.3. The molecule has 2 aliphatic heterocycles. The molecule has 26 heavy (non-hydrogen) atoms. The Morgan fingerprint density at radius 3 is 2.69 bits per heavy atom. The number of likely N-dealkylation sites (tertiary alicyclic amines) is 1. The van der Waals surface area contributed by atoms with Gasteiger partial charge in [0.15, 0.2) is 0 Å². The van der Waals surface area contributed by atoms with Crippen LogP contribution in [0.25, 0.3) is 0 Å². The van der Waals surface area contributed by atoms with Gasteiger partial charge in [0.1, 0.15) is 5.76 Å². The number of ether oxygens (including phenoxy) is 1. The second-order valence-corrected chi connectivity index (χ2v) is 8.89. The van der Waals surface area contributed by atoms with E-state index in [4.69, 9.17) is 9.15 Å². The molecule has 0 aliphatic carbocycles. The van der Waals surface area contributed by atoms with Crippen LogP contribution < -0.4 is 4.72 Å². The second-order valence-electron chi connectivity index (χ2n) is 7.12. The van der Waals surface area contributed by atoms with Gasteiger partial charge in [-0.05, 0) is 43.0 Å². The van der Waals surface area contributed by atoms with E-state index in [0.717, 1.165) is 44.8 Å². The SMILES string of the molecule is O=S(=O)(NCC[C@@H]1CCOC12CN(Cc1ccco1)C2)c1ccccc1. The monoisotopic (exact) mass is 376 g/mol. The van der Waals surface area contributed by atoms with E-state index >= 15 is 0 Å². The molecule has 140 valence electrons. The molecule has 1 N–H and O–H groups in total. The fraction of sp³-hybridized carbons (Fsp3) is 0.474. The third-order valence-corrected chi connectivity index (χ3v) is 6.86. The van der Waals surface area contributed by atoms with Gasteiger partial charge in [0.2, 0.25) is 10.0 Å². The van der Waals surface area contributed by atoms with Gasteiger partial charge in [0.05, 0.1) is 23.3 Å². The average Bonchev–Trinajstić information content (AvgIpc) is 3.26. The summed E-state index contributed by atoms with van der Waals surface area (Å²) >= 11 is 0. The molecule has 0 unspecified atom stereocenters. The first kappa shape index (κ1) is 17.7. The minimum Gasteiger partial charge on any atom is -0.468 e. The average molecular weight is 376 g/mol. The first-order chi connectivity index (χ1) is 12.6. The van der Waals surface area contributed by atoms with Crippen molar-refractivity contribution in [3.05, 3.63) is 54.5 Å². The van der Waals surface area contributed by atoms with Crippen LogP contribution in [-0.4, -0.2) is 45.2 Å². The highest BCUT2D eigenvalue weighted by Crippen LogP contribution is 2.42. The Labute approximate surface area is 154 Å². The molecular formula is C19H24N2O4S. The summed E-state index contributed by atoms with van der Waals surface area (Å²) in [5, 5.41) is 0. The summed E-state index contributed by atoms with van der Waals surface area (Å²) in [5.41, 5.74) is -0.120. The lowest BCUT2D eigenvalue weighted by Crippen LogP contribution is -2.64. The van der Waals surface area contributed by atoms with Crippen LogP contribution >= 0.6 is 0 Å². The molecule has 6 nitrogen and oxygen atoms in total. The van der Waals surface area contributed by atoms with Crippen molar-refractivity contribution in [3.63, 3.8) is 0 Å². The third-order valence-electron chi connectivity index (χ3n) is 5.38. The normalized spacial score (nSPS) is 22.5. The largest absolute Gasteiger partial charge is 0.468 e. The van der Waals surface area contributed by atoms with Gasteiger partial charge in [0.25, 0.3) is 0 Å². The van der Waals surface area contributed by atoms with Crippen molar-refractivity contribution in [2.75, 3.05) is 26.2 Å². The van der Waals surface area contributed by atoms with Gasteiger partial charge < -0.3 is 9.15 Å². The quantitative estimate of drug-likeness (QED) is 0.802. The van der Waals surface area contributed by atoms with Gasteiger partial charge in [0, 0.05) is 26.2 Å². The molecule has 7 heteroatoms. The molecule has 1 aromatic carbocycles. The number of hydrogen-bond donors (Lipinski definition) is 1. The number of hydrogen-bond acceptors (Lipinski definition) is 5. The Kier molecular flexibility index (Phi) is 4.88. The Hall–Kier alpha value is -1.67. The van der Waals surface area contributed by atoms with E-state index in [1.54, 1.807) is 30.5 Å². The van der Waals surface area contributed by atoms with E-state index in [2.05, 4.69) is 9.62 Å². The number of furan rings is 1. The highest BCUT2D eigenvalue weighted by Gasteiger charge is 2.52. The predicted octanol–water partition coefficient (Wildman–Crippen LogP) is 2.24. The van der Waals surface area contributed by atoms with Crippen molar-refractivity contribution in [2.45, 2.75) is 29.9 Å². The smallest absolute Gasteiger partial charge is 0.240 e. The Balaban J connectivity index is 1.29. The molecule has 1 spiro atoms. The van der Waals surface area contributed by atoms with Crippen molar-refractivity contribution in [2.24, 2.45) is 5.92 Å². The third kappa shape index (κ3) is 3.57. The molecule has 2 aliphatic rings. The molecule has 1 atom stereocenters. The minimum absolute atomic E-state index is 0.120. The van der Waals surface area contributed by atoms with Gasteiger partial charge in [-0.25, -0.2) is 13.1 Å². The van der Waals surface area contributed by atoms with Crippen molar-refractivity contribution in [1.29, 1.82) is 0 Å². The van der Waals surface area contributed by atoms with Crippen LogP contribution in [0.5, 0.6) is 0 Å². The first-order valence-corrected chi connectivity index (χ1v) is 10.5. The summed E-state index contributed by atoms with van der Waals surface area (Å²) in [7, 11) is -3.44. The van der Waals surface area contributed by atoms with Crippen LogP contribution in [0.2, 0.25) is 0 Å². The molecule has 2 fully saturated rings. The van der Waals surface area contributed by atoms with Gasteiger partial charge in [-0.15, -0.1) is 0 Å². The summed E-state index contributed by atoms with van der Waals surface area (Å²) in [4.78, 5) is 2.62. The van der Waals surface area contributed by atoms with Crippen LogP contribution in [0.1, 0.15) is 18.6 Å². The standard InChI is InChI=1S/C19H24N2O4S/c22-26(23,18-6-2-1-3-7-18)20-10-8-16-9-12-25-19(16)14-21(15-19)13-17-5-4-11-24-17/h1-7,11,16,20H,8-10,12-15H2/t16-/m1/s1. The van der Waals surface area contributed by atoms with E-state index in [9.17, 15) is 8.42 Å². The molecule has 0 bridgehead atoms. The summed E-state index contributed by atoms with van der Waals surface area (Å²) in [6.07, 6.45) is 3.47. The number of nitrogens with one attached hydrogen (secondary N) is 1. The topological polar surface area (TPSA) is 71.8 Å². The molecule has 1 aromatic heterocycles. The molecule has 4 rings (SSSR count). The first-order valence-electron chi connectivity index (χ1n) is 9.01. The van der Waals surface area contributed by atoms with Crippen LogP contribution in [0.15, 0.2) is 58.0 Å². The number of benzene rings is 1. The van der Waals surface area contributed by atoms with Crippen LogP contribution in [-0.2, 0) is 21.3 Å². The van der Waals surface area contributed by atoms with Crippen molar-refractivity contribution >= 4 is 10.0 Å². The zero-order valence-corrected chi connectivity index (χ0v) is 15.5. The molecule has 0 amide bonds. The van der Waals surface area contributed by atoms with E-state index in [-0.39, 0.29) is 5.60 Å². The lowest BCUT2D eigenvalue weighted by molar-refractivity contribution is -0.138. The highest BCUT2D eigenvalue weighted by atomic mass is 32.2. The number of sulfonamides is 1. The zero-order chi connectivity index (χ0) is 18.0. The summed E-state index contributed by atoms with van der Waals surface area (Å²) in [6, 6.07) is 12.4. The second kappa shape index (κ2) is 7.15. The van der Waals surface area contributed by atoms with Crippen molar-refractivity contribution in [3.8, 4) is 0 Å². The summed E-state index contributed by atoms with van der Waals surface area (Å²) < 4.78 is 38.8. The van der Waals surface area contributed by atoms with Gasteiger partial charge >= 0.3 is 0 Å². The molecule has 2 saturated heterocycles. The molecule has 3 heterocycles. The molecule has 2 aromatic rings. The van der Waals surface area contributed by atoms with E-state index < -0.39 is 10.0 Å². The molecular weight excluding hydrogens is 352 g/mol. The van der Waals surface area contributed by atoms with Crippen LogP contribution in [0.3, 0.4) is 0 Å². The van der Waals surface area contributed by atoms with E-state index in [1.807, 2.05) is 18.2 Å². The molecule has 0 saturated carbocycles. The van der Waals surface area contributed by atoms with E-state index in [1.165, 1.54) is 0 Å². The zero-order valence-electron chi connectivity index (χ0n) is 14.6. The minimum atomic E-state index is -3.44. The van der Waals surface area contributed by atoms with Gasteiger partial charge in [-0.3, -0.25) is 4.90 Å². The van der Waals surface area contributed by atoms with E-state index in [0.29, 0.717) is 17.4 Å². The van der Waals surface area contributed by atoms with Gasteiger partial charge in [-0.2, -0.15) is 0 Å². The lowest BCUT2D eigenvalue weighted by Gasteiger charge is -2.50. The Bertz CT molecular complexity index is 814. The fourth-order valence-electron chi connectivity index (χ4n) is 4.04. The summed E-state index contributed by atoms with van der Waals surface area (Å²) in [5.74, 6) is 1.35. The van der Waals surface area contributed by atoms with Gasteiger partial charge in [-0.1, -0.05) is 18.2 Å². The maximum Gasteiger partial charge on any atom is 0.240 e. The highest BCUT2D eigenvalue weighted by molar-refractivity contribution is 7.89. The number of rotatable bonds is 7. The maximum atomic E-state index is 12.3. The van der Waals surface area contributed by atoms with Crippen molar-refractivity contribution in [1.82, 2.24) is 9.62 Å². The van der Waals surface area contributed by atoms with Crippen molar-refractivity contribution < 1.29 is 17.6 Å². The van der Waals surface area contributed by atoms with Crippen LogP contribution in [0.4, 0.5) is 0 Å². The lowest BCUT2D eigenvalue weighted by atomic mass is 9.79.